The molecule has 0 unspecified atom stereocenters. The first-order chi connectivity index (χ1) is 11.6. The SMILES string of the molecule is O=[N+]([O-])c1ccc(CNCc2nc(-c3ccc(O)cc3)cs2)cc1. The van der Waals surface area contributed by atoms with E-state index in [0.29, 0.717) is 13.1 Å². The lowest BCUT2D eigenvalue weighted by molar-refractivity contribution is -0.384. The predicted octanol–water partition coefficient (Wildman–Crippen LogP) is 3.71. The Morgan fingerprint density at radius 1 is 1.08 bits per heavy atom. The van der Waals surface area contributed by atoms with Crippen molar-refractivity contribution in [3.63, 3.8) is 0 Å². The normalized spacial score (nSPS) is 10.7. The number of aromatic nitrogens is 1. The Labute approximate surface area is 142 Å². The lowest BCUT2D eigenvalue weighted by atomic mass is 10.2. The van der Waals surface area contributed by atoms with Crippen LogP contribution in [0.4, 0.5) is 5.69 Å². The molecule has 0 aliphatic rings. The maximum absolute atomic E-state index is 10.6. The Morgan fingerprint density at radius 3 is 2.46 bits per heavy atom. The van der Waals surface area contributed by atoms with Gasteiger partial charge in [-0.25, -0.2) is 4.98 Å². The number of nitro groups is 1. The molecule has 24 heavy (non-hydrogen) atoms. The van der Waals surface area contributed by atoms with Crippen LogP contribution in [0.3, 0.4) is 0 Å². The molecule has 1 aromatic heterocycles. The topological polar surface area (TPSA) is 88.3 Å². The standard InChI is InChI=1S/C17H15N3O3S/c21-15-7-3-13(4-8-15)16-11-24-17(19-16)10-18-9-12-1-5-14(6-2-12)20(22)23/h1-8,11,18,21H,9-10H2. The largest absolute Gasteiger partial charge is 0.508 e. The Morgan fingerprint density at radius 2 is 1.79 bits per heavy atom. The summed E-state index contributed by atoms with van der Waals surface area (Å²) in [5, 5.41) is 26.2. The average molecular weight is 341 g/mol. The molecule has 2 aromatic carbocycles. The third-order valence-electron chi connectivity index (χ3n) is 3.47. The highest BCUT2D eigenvalue weighted by Gasteiger charge is 2.06. The number of rotatable bonds is 6. The zero-order valence-electron chi connectivity index (χ0n) is 12.7. The molecular weight excluding hydrogens is 326 g/mol. The molecule has 0 bridgehead atoms. The van der Waals surface area contributed by atoms with Crippen LogP contribution in [0.2, 0.25) is 0 Å². The molecule has 6 nitrogen and oxygen atoms in total. The summed E-state index contributed by atoms with van der Waals surface area (Å²) in [4.78, 5) is 14.8. The van der Waals surface area contributed by atoms with Gasteiger partial charge in [0.15, 0.2) is 0 Å². The number of phenols is 1. The number of nitrogens with zero attached hydrogens (tertiary/aromatic N) is 2. The van der Waals surface area contributed by atoms with E-state index in [1.807, 2.05) is 17.5 Å². The number of phenolic OH excluding ortho intramolecular Hbond substituents is 1. The van der Waals surface area contributed by atoms with Gasteiger partial charge in [0.1, 0.15) is 10.8 Å². The Balaban J connectivity index is 1.55. The summed E-state index contributed by atoms with van der Waals surface area (Å²) in [5.41, 5.74) is 2.92. The van der Waals surface area contributed by atoms with E-state index in [1.54, 1.807) is 35.6 Å². The van der Waals surface area contributed by atoms with Gasteiger partial charge in [0.25, 0.3) is 5.69 Å². The van der Waals surface area contributed by atoms with E-state index >= 15 is 0 Å². The molecule has 1 heterocycles. The molecule has 0 aliphatic carbocycles. The number of hydrogen-bond acceptors (Lipinski definition) is 6. The van der Waals surface area contributed by atoms with Gasteiger partial charge in [-0.2, -0.15) is 0 Å². The fourth-order valence-electron chi connectivity index (χ4n) is 2.21. The van der Waals surface area contributed by atoms with Crippen LogP contribution in [-0.2, 0) is 13.1 Å². The number of benzene rings is 2. The Bertz CT molecular complexity index is 829. The van der Waals surface area contributed by atoms with Crippen molar-refractivity contribution in [3.8, 4) is 17.0 Å². The van der Waals surface area contributed by atoms with Crippen molar-refractivity contribution in [2.24, 2.45) is 0 Å². The molecule has 0 radical (unpaired) electrons. The first-order valence-electron chi connectivity index (χ1n) is 7.30. The van der Waals surface area contributed by atoms with Crippen molar-refractivity contribution in [1.82, 2.24) is 10.3 Å². The van der Waals surface area contributed by atoms with E-state index in [1.165, 1.54) is 12.1 Å². The summed E-state index contributed by atoms with van der Waals surface area (Å²) in [6.45, 7) is 1.24. The lowest BCUT2D eigenvalue weighted by Gasteiger charge is -2.02. The number of nitrogens with one attached hydrogen (secondary N) is 1. The van der Waals surface area contributed by atoms with Crippen molar-refractivity contribution in [1.29, 1.82) is 0 Å². The third-order valence-corrected chi connectivity index (χ3v) is 4.32. The van der Waals surface area contributed by atoms with Crippen molar-refractivity contribution in [2.75, 3.05) is 0 Å². The zero-order chi connectivity index (χ0) is 16.9. The highest BCUT2D eigenvalue weighted by Crippen LogP contribution is 2.23. The van der Waals surface area contributed by atoms with E-state index < -0.39 is 4.92 Å². The van der Waals surface area contributed by atoms with Crippen molar-refractivity contribution < 1.29 is 10.0 Å². The number of non-ortho nitro benzene ring substituents is 1. The van der Waals surface area contributed by atoms with E-state index in [-0.39, 0.29) is 11.4 Å². The minimum absolute atomic E-state index is 0.0946. The van der Waals surface area contributed by atoms with Crippen LogP contribution in [0.5, 0.6) is 5.75 Å². The molecule has 122 valence electrons. The number of thiazole rings is 1. The maximum Gasteiger partial charge on any atom is 0.269 e. The zero-order valence-corrected chi connectivity index (χ0v) is 13.5. The van der Waals surface area contributed by atoms with Crippen LogP contribution in [-0.4, -0.2) is 15.0 Å². The monoisotopic (exact) mass is 341 g/mol. The predicted molar refractivity (Wildman–Crippen MR) is 92.9 cm³/mol. The van der Waals surface area contributed by atoms with Gasteiger partial charge in [0, 0.05) is 36.2 Å². The third kappa shape index (κ3) is 3.95. The van der Waals surface area contributed by atoms with Crippen LogP contribution in [0.25, 0.3) is 11.3 Å². The minimum atomic E-state index is -0.405. The van der Waals surface area contributed by atoms with Gasteiger partial charge in [0.05, 0.1) is 10.6 Å². The van der Waals surface area contributed by atoms with E-state index in [0.717, 1.165) is 21.8 Å². The molecule has 2 N–H and O–H groups in total. The fourth-order valence-corrected chi connectivity index (χ4v) is 2.98. The van der Waals surface area contributed by atoms with E-state index in [4.69, 9.17) is 0 Å². The van der Waals surface area contributed by atoms with Crippen molar-refractivity contribution in [3.05, 3.63) is 74.6 Å². The van der Waals surface area contributed by atoms with Gasteiger partial charge >= 0.3 is 0 Å². The minimum Gasteiger partial charge on any atom is -0.508 e. The molecule has 0 spiro atoms. The highest BCUT2D eigenvalue weighted by atomic mass is 32.1. The Kier molecular flexibility index (Phi) is 4.83. The quantitative estimate of drug-likeness (QED) is 0.527. The highest BCUT2D eigenvalue weighted by molar-refractivity contribution is 7.09. The van der Waals surface area contributed by atoms with Crippen molar-refractivity contribution in [2.45, 2.75) is 13.1 Å². The first kappa shape index (κ1) is 16.1. The molecule has 0 fully saturated rings. The summed E-state index contributed by atoms with van der Waals surface area (Å²) >= 11 is 1.56. The van der Waals surface area contributed by atoms with Gasteiger partial charge in [-0.05, 0) is 29.8 Å². The molecule has 0 amide bonds. The second-order valence-corrected chi connectivity index (χ2v) is 6.14. The van der Waals surface area contributed by atoms with E-state index in [9.17, 15) is 15.2 Å². The fraction of sp³-hybridized carbons (Fsp3) is 0.118. The number of aromatic hydroxyl groups is 1. The van der Waals surface area contributed by atoms with Gasteiger partial charge in [0.2, 0.25) is 0 Å². The summed E-state index contributed by atoms with van der Waals surface area (Å²) in [6, 6.07) is 13.4. The molecule has 0 saturated heterocycles. The summed E-state index contributed by atoms with van der Waals surface area (Å²) in [7, 11) is 0. The first-order valence-corrected chi connectivity index (χ1v) is 8.17. The molecule has 0 aliphatic heterocycles. The molecule has 7 heteroatoms. The second-order valence-electron chi connectivity index (χ2n) is 5.20. The van der Waals surface area contributed by atoms with E-state index in [2.05, 4.69) is 10.3 Å². The Hall–Kier alpha value is -2.77. The van der Waals surface area contributed by atoms with Crippen molar-refractivity contribution >= 4 is 17.0 Å². The lowest BCUT2D eigenvalue weighted by Crippen LogP contribution is -2.12. The molecular formula is C17H15N3O3S. The summed E-state index contributed by atoms with van der Waals surface area (Å²) in [5.74, 6) is 0.235. The van der Waals surface area contributed by atoms with Gasteiger partial charge in [-0.15, -0.1) is 11.3 Å². The van der Waals surface area contributed by atoms with Crippen LogP contribution in [0, 0.1) is 10.1 Å². The smallest absolute Gasteiger partial charge is 0.269 e. The maximum atomic E-state index is 10.6. The summed E-state index contributed by atoms with van der Waals surface area (Å²) in [6.07, 6.45) is 0. The number of hydrogen-bond donors (Lipinski definition) is 2. The van der Waals surface area contributed by atoms with Crippen LogP contribution >= 0.6 is 11.3 Å². The van der Waals surface area contributed by atoms with Gasteiger partial charge < -0.3 is 10.4 Å². The van der Waals surface area contributed by atoms with Crippen LogP contribution in [0.15, 0.2) is 53.9 Å². The van der Waals surface area contributed by atoms with Gasteiger partial charge in [-0.1, -0.05) is 12.1 Å². The molecule has 0 atom stereocenters. The number of nitro benzene ring substituents is 1. The second kappa shape index (κ2) is 7.20. The molecule has 3 rings (SSSR count). The molecule has 3 aromatic rings. The van der Waals surface area contributed by atoms with Crippen LogP contribution in [0.1, 0.15) is 10.6 Å². The molecule has 0 saturated carbocycles. The van der Waals surface area contributed by atoms with Gasteiger partial charge in [-0.3, -0.25) is 10.1 Å². The summed E-state index contributed by atoms with van der Waals surface area (Å²) < 4.78 is 0. The van der Waals surface area contributed by atoms with Crippen LogP contribution < -0.4 is 5.32 Å². The average Bonchev–Trinajstić information content (AvgIpc) is 3.05.